The summed E-state index contributed by atoms with van der Waals surface area (Å²) in [5.74, 6) is 1.25. The number of anilines is 6. The lowest BCUT2D eigenvalue weighted by atomic mass is 9.53. The molecule has 1 aromatic heterocycles. The summed E-state index contributed by atoms with van der Waals surface area (Å²) >= 11 is 3.85. The van der Waals surface area contributed by atoms with E-state index in [4.69, 9.17) is 4.42 Å². The molecule has 0 amide bonds. The van der Waals surface area contributed by atoms with Gasteiger partial charge in [0, 0.05) is 75.4 Å². The van der Waals surface area contributed by atoms with E-state index in [0.717, 1.165) is 50.1 Å². The van der Waals surface area contributed by atoms with Crippen molar-refractivity contribution in [2.45, 2.75) is 139 Å². The van der Waals surface area contributed by atoms with Crippen LogP contribution in [0.5, 0.6) is 0 Å². The minimum Gasteiger partial charge on any atom is -0.456 e. The van der Waals surface area contributed by atoms with E-state index in [9.17, 15) is 0 Å². The van der Waals surface area contributed by atoms with Gasteiger partial charge in [-0.1, -0.05) is 347 Å². The highest BCUT2D eigenvalue weighted by molar-refractivity contribution is 8.00. The number of furan rings is 1. The molecule has 5 aliphatic carbocycles. The Bertz CT molecular complexity index is 7560. The van der Waals surface area contributed by atoms with Crippen LogP contribution in [-0.4, -0.2) is 0 Å². The van der Waals surface area contributed by atoms with Crippen LogP contribution in [0.4, 0.5) is 34.1 Å². The molecule has 18 aromatic rings. The second kappa shape index (κ2) is 26.4. The fraction of sp³-hybridized carbons (Fsp3) is 0.169. The Morgan fingerprint density at radius 3 is 1.41 bits per heavy atom. The van der Waals surface area contributed by atoms with Gasteiger partial charge in [-0.3, -0.25) is 0 Å². The Hall–Kier alpha value is -12.6. The van der Waals surface area contributed by atoms with Crippen LogP contribution in [0.25, 0.3) is 76.9 Å². The monoisotopic (exact) mass is 1620 g/mol. The Kier molecular flexibility index (Phi) is 15.7. The molecular formula is C118H92N2OS2. The smallest absolute Gasteiger partial charge is 0.137 e. The molecule has 1 saturated carbocycles. The van der Waals surface area contributed by atoms with Crippen LogP contribution in [-0.2, 0) is 32.5 Å². The van der Waals surface area contributed by atoms with Crippen molar-refractivity contribution in [1.29, 1.82) is 0 Å². The van der Waals surface area contributed by atoms with E-state index in [-0.39, 0.29) is 16.2 Å². The third-order valence-corrected chi connectivity index (χ3v) is 32.9. The normalized spacial score (nSPS) is 19.3. The summed E-state index contributed by atoms with van der Waals surface area (Å²) in [6, 6.07) is 136. The van der Waals surface area contributed by atoms with Gasteiger partial charge in [0.2, 0.25) is 0 Å². The topological polar surface area (TPSA) is 19.6 Å². The fourth-order valence-electron chi connectivity index (χ4n) is 25.0. The van der Waals surface area contributed by atoms with E-state index < -0.39 is 16.2 Å². The van der Waals surface area contributed by atoms with Crippen LogP contribution < -0.4 is 9.80 Å². The number of benzene rings is 17. The average Bonchev–Trinajstić information content (AvgIpc) is 1.01. The molecule has 0 radical (unpaired) electrons. The van der Waals surface area contributed by atoms with E-state index in [1.54, 1.807) is 5.56 Å². The maximum absolute atomic E-state index is 7.36. The van der Waals surface area contributed by atoms with Gasteiger partial charge in [0.15, 0.2) is 0 Å². The molecule has 1 fully saturated rings. The summed E-state index contributed by atoms with van der Waals surface area (Å²) in [7, 11) is 0. The highest BCUT2D eigenvalue weighted by Crippen LogP contribution is 2.68. The Morgan fingerprint density at radius 2 is 0.740 bits per heavy atom. The fourth-order valence-corrected chi connectivity index (χ4v) is 27.5. The molecule has 4 atom stereocenters. The molecule has 17 aromatic carbocycles. The van der Waals surface area contributed by atoms with Crippen molar-refractivity contribution in [3.05, 3.63) is 441 Å². The van der Waals surface area contributed by atoms with Crippen molar-refractivity contribution in [1.82, 2.24) is 0 Å². The number of fused-ring (bicyclic) bond motifs is 29. The number of hydrogen-bond donors (Lipinski definition) is 0. The van der Waals surface area contributed by atoms with Crippen LogP contribution in [0.15, 0.2) is 376 Å². The van der Waals surface area contributed by atoms with Crippen molar-refractivity contribution in [2.24, 2.45) is 5.92 Å². The van der Waals surface area contributed by atoms with E-state index >= 15 is 0 Å². The van der Waals surface area contributed by atoms with E-state index in [1.165, 1.54) is 190 Å². The van der Waals surface area contributed by atoms with E-state index in [2.05, 4.69) is 417 Å². The van der Waals surface area contributed by atoms with Gasteiger partial charge in [-0.2, -0.15) is 0 Å². The van der Waals surface area contributed by atoms with Gasteiger partial charge in [-0.05, 0) is 265 Å². The summed E-state index contributed by atoms with van der Waals surface area (Å²) < 4.78 is 7.36. The van der Waals surface area contributed by atoms with Crippen molar-refractivity contribution >= 4 is 101 Å². The van der Waals surface area contributed by atoms with Gasteiger partial charge in [0.05, 0.1) is 22.2 Å². The van der Waals surface area contributed by atoms with Crippen molar-refractivity contribution < 1.29 is 4.42 Å². The molecule has 2 spiro atoms. The molecule has 5 heteroatoms. The lowest BCUT2D eigenvalue weighted by Crippen LogP contribution is -2.43. The molecule has 592 valence electrons. The molecule has 7 aliphatic rings. The summed E-state index contributed by atoms with van der Waals surface area (Å²) in [5.41, 5.74) is 35.4. The van der Waals surface area contributed by atoms with Crippen molar-refractivity contribution in [3.63, 3.8) is 0 Å². The van der Waals surface area contributed by atoms with E-state index in [0.29, 0.717) is 11.8 Å². The predicted octanol–water partition coefficient (Wildman–Crippen LogP) is 32.0. The third kappa shape index (κ3) is 10.1. The van der Waals surface area contributed by atoms with Gasteiger partial charge in [-0.15, -0.1) is 0 Å². The standard InChI is InChI=1S/C118H92N2OS2/c1-113(2)89-34-16-14-32-82(89)84-61-57-78(68-101(84)113)120(79-58-62-85-83-33-15-17-35-90(83)114(3,4)102(85)69-79)104-45-27-43-100-112(104)123-108-47-25-23-41-96(108)118(100)94-39-21-19-37-92(94)116(7,8)110-88-66-75(49-48-74(88)54-65-98(110)118)76-52-60-86-87-63-59-80(70-106(87)121-105(86)67-76)119(77-55-50-72(51-56-77)71-28-10-9-11-29-71)103-44-26-42-99-111(103)122-107-46-24-22-40-95(107)117(99)93-38-20-18-36-91(93)115(5,6)109-81-31-13-12-30-73(81)53-64-97(109)117/h9-14,16,18-32,34,36-70,83,90H,15,17,33,35H2,1-8H3. The highest BCUT2D eigenvalue weighted by atomic mass is 32.2. The summed E-state index contributed by atoms with van der Waals surface area (Å²) in [5, 5.41) is 7.21. The molecule has 0 saturated heterocycles. The average molecular weight is 1620 g/mol. The second-order valence-electron chi connectivity index (χ2n) is 37.9. The number of hydrogen-bond acceptors (Lipinski definition) is 5. The van der Waals surface area contributed by atoms with Gasteiger partial charge < -0.3 is 14.2 Å². The van der Waals surface area contributed by atoms with Crippen LogP contribution in [0.1, 0.15) is 176 Å². The van der Waals surface area contributed by atoms with E-state index in [1.807, 2.05) is 23.5 Å². The Morgan fingerprint density at radius 1 is 0.285 bits per heavy atom. The molecule has 2 aliphatic heterocycles. The largest absolute Gasteiger partial charge is 0.456 e. The zero-order chi connectivity index (χ0) is 82.4. The summed E-state index contributed by atoms with van der Waals surface area (Å²) in [4.78, 5) is 10.2. The first-order chi connectivity index (χ1) is 60.0. The lowest BCUT2D eigenvalue weighted by Gasteiger charge is -2.51. The van der Waals surface area contributed by atoms with Gasteiger partial charge in [0.1, 0.15) is 11.2 Å². The third-order valence-electron chi connectivity index (χ3n) is 30.5. The van der Waals surface area contributed by atoms with Crippen LogP contribution >= 0.6 is 23.5 Å². The van der Waals surface area contributed by atoms with Crippen LogP contribution in [0.2, 0.25) is 0 Å². The second-order valence-corrected chi connectivity index (χ2v) is 40.1. The zero-order valence-corrected chi connectivity index (χ0v) is 72.2. The lowest BCUT2D eigenvalue weighted by molar-refractivity contribution is 0.233. The van der Waals surface area contributed by atoms with Crippen LogP contribution in [0.3, 0.4) is 0 Å². The zero-order valence-electron chi connectivity index (χ0n) is 70.6. The Balaban J connectivity index is 0.645. The quantitative estimate of drug-likeness (QED) is 0.151. The molecule has 123 heavy (non-hydrogen) atoms. The number of rotatable bonds is 8. The molecule has 3 heterocycles. The summed E-state index contributed by atoms with van der Waals surface area (Å²) in [6.07, 6.45) is 5.20. The Labute approximate surface area is 729 Å². The summed E-state index contributed by atoms with van der Waals surface area (Å²) in [6.45, 7) is 19.8. The van der Waals surface area contributed by atoms with Crippen molar-refractivity contribution in [3.8, 4) is 33.4 Å². The maximum atomic E-state index is 7.36. The SMILES string of the molecule is CC1(C)c2ccccc2-c2ccc(N(c3ccc4c(c3)C(C)(C)C3CCCCC43)c3cccc4c3Sc3ccccc3C43c4ccccc4C(C)(C)c4c3ccc3ccc(-c5ccc6c(c5)oc5cc(N(c7ccc(-c8ccccc8)cc7)c7cccc8c7Sc7ccccc7C87c8ccccc8C(C)(C)c8c7ccc7ccccc87)ccc56)cc43)cc21. The van der Waals surface area contributed by atoms with Gasteiger partial charge >= 0.3 is 0 Å². The molecule has 4 unspecified atom stereocenters. The van der Waals surface area contributed by atoms with Gasteiger partial charge in [-0.25, -0.2) is 0 Å². The molecule has 25 rings (SSSR count). The molecule has 3 nitrogen and oxygen atoms in total. The maximum Gasteiger partial charge on any atom is 0.137 e. The minimum absolute atomic E-state index is 0.0486. The van der Waals surface area contributed by atoms with Crippen molar-refractivity contribution in [2.75, 3.05) is 9.80 Å². The minimum atomic E-state index is -0.706. The molecule has 0 bridgehead atoms. The molecular weight excluding hydrogens is 1530 g/mol. The molecule has 0 N–H and O–H groups in total. The first kappa shape index (κ1) is 73.1. The highest BCUT2D eigenvalue weighted by Gasteiger charge is 2.56. The van der Waals surface area contributed by atoms with Crippen LogP contribution in [0, 0.1) is 5.92 Å². The predicted molar refractivity (Wildman–Crippen MR) is 513 cm³/mol. The number of nitrogens with zero attached hydrogens (tertiary/aromatic N) is 2. The van der Waals surface area contributed by atoms with Gasteiger partial charge in [0.25, 0.3) is 0 Å². The first-order valence-corrected chi connectivity index (χ1v) is 45.9. The first-order valence-electron chi connectivity index (χ1n) is 44.2.